The molecule has 0 amide bonds. The first kappa shape index (κ1) is 21.1. The molecule has 0 spiro atoms. The fourth-order valence-corrected chi connectivity index (χ4v) is 3.86. The third-order valence-corrected chi connectivity index (χ3v) is 5.67. The maximum atomic E-state index is 13.5. The molecule has 1 aromatic heterocycles. The second kappa shape index (κ2) is 9.12. The van der Waals surface area contributed by atoms with Gasteiger partial charge in [0.25, 0.3) is 0 Å². The molecule has 142 valence electrons. The van der Waals surface area contributed by atoms with Crippen LogP contribution in [0.2, 0.25) is 0 Å². The van der Waals surface area contributed by atoms with Gasteiger partial charge < -0.3 is 10.6 Å². The van der Waals surface area contributed by atoms with Gasteiger partial charge in [-0.1, -0.05) is 12.1 Å². The van der Waals surface area contributed by atoms with E-state index < -0.39 is 0 Å². The zero-order valence-corrected chi connectivity index (χ0v) is 18.6. The van der Waals surface area contributed by atoms with E-state index in [4.69, 9.17) is 4.99 Å². The van der Waals surface area contributed by atoms with Crippen LogP contribution in [0, 0.1) is 19.7 Å². The van der Waals surface area contributed by atoms with Gasteiger partial charge in [-0.15, -0.1) is 35.3 Å². The van der Waals surface area contributed by atoms with E-state index in [0.717, 1.165) is 48.2 Å². The number of guanidine groups is 1. The summed E-state index contributed by atoms with van der Waals surface area (Å²) in [5.41, 5.74) is 2.17. The molecule has 2 N–H and O–H groups in total. The first-order valence-electron chi connectivity index (χ1n) is 8.73. The molecular weight excluding hydrogens is 462 g/mol. The van der Waals surface area contributed by atoms with Crippen LogP contribution in [0.5, 0.6) is 0 Å². The van der Waals surface area contributed by atoms with Crippen molar-refractivity contribution in [2.24, 2.45) is 4.99 Å². The Labute approximate surface area is 175 Å². The van der Waals surface area contributed by atoms with Crippen LogP contribution in [0.1, 0.15) is 40.9 Å². The first-order chi connectivity index (χ1) is 12.0. The number of nitrogens with zero attached hydrogens (tertiary/aromatic N) is 2. The molecule has 0 radical (unpaired) electrons. The number of aromatic nitrogens is 1. The summed E-state index contributed by atoms with van der Waals surface area (Å²) in [6.07, 6.45) is 2.16. The van der Waals surface area contributed by atoms with Crippen LogP contribution in [-0.4, -0.2) is 24.0 Å². The van der Waals surface area contributed by atoms with Gasteiger partial charge in [-0.05, 0) is 51.3 Å². The van der Waals surface area contributed by atoms with Gasteiger partial charge in [-0.25, -0.2) is 14.4 Å². The molecule has 0 atom stereocenters. The molecule has 1 aliphatic rings. The minimum atomic E-state index is -0.166. The lowest BCUT2D eigenvalue weighted by Gasteiger charge is -2.19. The van der Waals surface area contributed by atoms with Crippen LogP contribution < -0.4 is 10.6 Å². The molecule has 4 nitrogen and oxygen atoms in total. The SMILES string of the molecule is CCNC(=NCc1sc(C)nc1C)NCC1(c2cccc(F)c2)CC1.I. The molecule has 3 rings (SSSR count). The van der Waals surface area contributed by atoms with Crippen LogP contribution in [-0.2, 0) is 12.0 Å². The number of hydrogen-bond acceptors (Lipinski definition) is 3. The summed E-state index contributed by atoms with van der Waals surface area (Å²) in [6.45, 7) is 8.29. The van der Waals surface area contributed by atoms with E-state index in [1.807, 2.05) is 19.9 Å². The predicted molar refractivity (Wildman–Crippen MR) is 117 cm³/mol. The Hall–Kier alpha value is -1.22. The molecule has 0 aliphatic heterocycles. The minimum Gasteiger partial charge on any atom is -0.357 e. The first-order valence-corrected chi connectivity index (χ1v) is 9.55. The van der Waals surface area contributed by atoms with Crippen LogP contribution >= 0.6 is 35.3 Å². The molecule has 7 heteroatoms. The largest absolute Gasteiger partial charge is 0.357 e. The highest BCUT2D eigenvalue weighted by atomic mass is 127. The normalized spacial score (nSPS) is 15.3. The van der Waals surface area contributed by atoms with E-state index in [1.54, 1.807) is 23.5 Å². The van der Waals surface area contributed by atoms with Crippen molar-refractivity contribution in [2.75, 3.05) is 13.1 Å². The van der Waals surface area contributed by atoms with Crippen molar-refractivity contribution in [1.82, 2.24) is 15.6 Å². The zero-order valence-electron chi connectivity index (χ0n) is 15.4. The average Bonchev–Trinajstić information content (AvgIpc) is 3.30. The van der Waals surface area contributed by atoms with Gasteiger partial charge in [0.2, 0.25) is 0 Å². The Morgan fingerprint density at radius 3 is 2.65 bits per heavy atom. The van der Waals surface area contributed by atoms with Gasteiger partial charge in [-0.2, -0.15) is 0 Å². The summed E-state index contributed by atoms with van der Waals surface area (Å²) in [7, 11) is 0. The Morgan fingerprint density at radius 2 is 2.08 bits per heavy atom. The van der Waals surface area contributed by atoms with Gasteiger partial charge in [0, 0.05) is 23.4 Å². The summed E-state index contributed by atoms with van der Waals surface area (Å²) >= 11 is 1.69. The quantitative estimate of drug-likeness (QED) is 0.362. The van der Waals surface area contributed by atoms with E-state index >= 15 is 0 Å². The molecule has 1 aliphatic carbocycles. The monoisotopic (exact) mass is 488 g/mol. The van der Waals surface area contributed by atoms with Gasteiger partial charge >= 0.3 is 0 Å². The van der Waals surface area contributed by atoms with E-state index in [-0.39, 0.29) is 35.2 Å². The van der Waals surface area contributed by atoms with Crippen molar-refractivity contribution in [2.45, 2.75) is 45.6 Å². The fourth-order valence-electron chi connectivity index (χ4n) is 3.00. The Kier molecular flexibility index (Phi) is 7.40. The fraction of sp³-hybridized carbons (Fsp3) is 0.474. The Bertz CT molecular complexity index is 771. The maximum absolute atomic E-state index is 13.5. The van der Waals surface area contributed by atoms with Gasteiger partial charge in [0.15, 0.2) is 5.96 Å². The maximum Gasteiger partial charge on any atom is 0.191 e. The van der Waals surface area contributed by atoms with Crippen molar-refractivity contribution in [3.8, 4) is 0 Å². The summed E-state index contributed by atoms with van der Waals surface area (Å²) < 4.78 is 13.5. The molecule has 0 saturated heterocycles. The number of aliphatic imine (C=N–C) groups is 1. The second-order valence-corrected chi connectivity index (χ2v) is 7.87. The molecule has 0 unspecified atom stereocenters. The number of benzene rings is 1. The van der Waals surface area contributed by atoms with Crippen molar-refractivity contribution in [1.29, 1.82) is 0 Å². The summed E-state index contributed by atoms with van der Waals surface area (Å²) in [4.78, 5) is 10.3. The molecular formula is C19H26FIN4S. The highest BCUT2D eigenvalue weighted by Crippen LogP contribution is 2.47. The third kappa shape index (κ3) is 5.16. The molecule has 1 saturated carbocycles. The number of nitrogens with one attached hydrogen (secondary N) is 2. The molecule has 26 heavy (non-hydrogen) atoms. The number of halogens is 2. The number of hydrogen-bond donors (Lipinski definition) is 2. The van der Waals surface area contributed by atoms with Crippen molar-refractivity contribution in [3.05, 3.63) is 51.2 Å². The minimum absolute atomic E-state index is 0. The number of rotatable bonds is 6. The molecule has 1 aromatic carbocycles. The van der Waals surface area contributed by atoms with Crippen LogP contribution in [0.4, 0.5) is 4.39 Å². The predicted octanol–water partition coefficient (Wildman–Crippen LogP) is 4.30. The van der Waals surface area contributed by atoms with E-state index in [2.05, 4.69) is 22.5 Å². The Morgan fingerprint density at radius 1 is 1.31 bits per heavy atom. The Balaban J connectivity index is 0.00000243. The lowest BCUT2D eigenvalue weighted by Crippen LogP contribution is -2.41. The van der Waals surface area contributed by atoms with Crippen LogP contribution in [0.25, 0.3) is 0 Å². The average molecular weight is 488 g/mol. The van der Waals surface area contributed by atoms with E-state index in [9.17, 15) is 4.39 Å². The highest BCUT2D eigenvalue weighted by Gasteiger charge is 2.44. The summed E-state index contributed by atoms with van der Waals surface area (Å²) in [5.74, 6) is 0.635. The molecule has 0 bridgehead atoms. The van der Waals surface area contributed by atoms with Crippen molar-refractivity contribution >= 4 is 41.3 Å². The second-order valence-electron chi connectivity index (χ2n) is 6.58. The zero-order chi connectivity index (χ0) is 17.9. The highest BCUT2D eigenvalue weighted by molar-refractivity contribution is 14.0. The molecule has 2 aromatic rings. The standard InChI is InChI=1S/C19H25FN4S.HI/c1-4-21-18(22-11-17-13(2)24-14(3)25-17)23-12-19(8-9-19)15-6-5-7-16(20)10-15;/h5-7,10H,4,8-9,11-12H2,1-3H3,(H2,21,22,23);1H. The smallest absolute Gasteiger partial charge is 0.191 e. The summed E-state index contributed by atoms with van der Waals surface area (Å²) in [6, 6.07) is 6.96. The van der Waals surface area contributed by atoms with E-state index in [1.165, 1.54) is 10.9 Å². The molecule has 1 heterocycles. The van der Waals surface area contributed by atoms with Crippen LogP contribution in [0.3, 0.4) is 0 Å². The molecule has 1 fully saturated rings. The van der Waals surface area contributed by atoms with Crippen molar-refractivity contribution < 1.29 is 4.39 Å². The van der Waals surface area contributed by atoms with Crippen LogP contribution in [0.15, 0.2) is 29.3 Å². The van der Waals surface area contributed by atoms with Crippen molar-refractivity contribution in [3.63, 3.8) is 0 Å². The lowest BCUT2D eigenvalue weighted by molar-refractivity contribution is 0.607. The topological polar surface area (TPSA) is 49.3 Å². The van der Waals surface area contributed by atoms with Gasteiger partial charge in [0.05, 0.1) is 17.2 Å². The van der Waals surface area contributed by atoms with Gasteiger partial charge in [0.1, 0.15) is 5.82 Å². The third-order valence-electron chi connectivity index (χ3n) is 4.61. The summed E-state index contributed by atoms with van der Waals surface area (Å²) in [5, 5.41) is 7.80. The van der Waals surface area contributed by atoms with Gasteiger partial charge in [-0.3, -0.25) is 0 Å². The number of aryl methyl sites for hydroxylation is 2. The lowest BCUT2D eigenvalue weighted by atomic mass is 9.96. The van der Waals surface area contributed by atoms with E-state index in [0.29, 0.717) is 6.54 Å². The number of thiazole rings is 1.